The van der Waals surface area contributed by atoms with E-state index < -0.39 is 18.0 Å². The minimum atomic E-state index is -1.68. The molecule has 4 aromatic carbocycles. The van der Waals surface area contributed by atoms with Crippen molar-refractivity contribution in [3.63, 3.8) is 0 Å². The van der Waals surface area contributed by atoms with E-state index >= 15 is 0 Å². The molecule has 0 spiro atoms. The lowest BCUT2D eigenvalue weighted by Crippen LogP contribution is -2.44. The summed E-state index contributed by atoms with van der Waals surface area (Å²) in [4.78, 5) is 12.3. The molecule has 0 radical (unpaired) electrons. The molecule has 5 aromatic rings. The summed E-state index contributed by atoms with van der Waals surface area (Å²) in [5, 5.41) is 0. The van der Waals surface area contributed by atoms with Crippen LogP contribution in [0.3, 0.4) is 0 Å². The second-order valence-corrected chi connectivity index (χ2v) is 17.5. The van der Waals surface area contributed by atoms with E-state index in [9.17, 15) is 2.74 Å². The zero-order valence-electron chi connectivity index (χ0n) is 35.1. The van der Waals surface area contributed by atoms with E-state index in [0.29, 0.717) is 23.8 Å². The zero-order valence-corrected chi connectivity index (χ0v) is 33.1. The van der Waals surface area contributed by atoms with Gasteiger partial charge in [-0.05, 0) is 127 Å². The van der Waals surface area contributed by atoms with Crippen LogP contribution in [0.1, 0.15) is 120 Å². The number of hydrogen-bond acceptors (Lipinski definition) is 5. The Labute approximate surface area is 318 Å². The van der Waals surface area contributed by atoms with E-state index in [-0.39, 0.29) is 16.7 Å². The molecule has 3 heterocycles. The molecular formula is C48H53N3O2. The van der Waals surface area contributed by atoms with Crippen LogP contribution in [-0.2, 0) is 28.4 Å². The maximum atomic E-state index is 9.33. The first-order chi connectivity index (χ1) is 25.8. The summed E-state index contributed by atoms with van der Waals surface area (Å²) in [7, 11) is 0. The van der Waals surface area contributed by atoms with Crippen molar-refractivity contribution in [1.29, 1.82) is 0 Å². The maximum Gasteiger partial charge on any atom is 0.217 e. The lowest BCUT2D eigenvalue weighted by molar-refractivity contribution is 0.0701. The van der Waals surface area contributed by atoms with E-state index in [0.717, 1.165) is 56.1 Å². The Morgan fingerprint density at radius 3 is 2.40 bits per heavy atom. The number of ether oxygens (including phenoxy) is 2. The molecule has 1 aromatic heterocycles. The van der Waals surface area contributed by atoms with Crippen molar-refractivity contribution in [3.05, 3.63) is 141 Å². The quantitative estimate of drug-likeness (QED) is 0.183. The van der Waals surface area contributed by atoms with Crippen LogP contribution in [0.15, 0.2) is 90.1 Å². The highest BCUT2D eigenvalue weighted by atomic mass is 16.5. The van der Waals surface area contributed by atoms with Gasteiger partial charge in [0.1, 0.15) is 22.9 Å². The molecular weight excluding hydrogens is 651 g/mol. The zero-order chi connectivity index (χ0) is 39.4. The first-order valence-electron chi connectivity index (χ1n) is 20.0. The van der Waals surface area contributed by atoms with Crippen LogP contribution in [0.2, 0.25) is 0 Å². The van der Waals surface area contributed by atoms with Crippen LogP contribution in [0.4, 0.5) is 17.2 Å². The van der Waals surface area contributed by atoms with Crippen molar-refractivity contribution in [1.82, 2.24) is 4.98 Å². The molecule has 0 saturated heterocycles. The molecule has 2 aliphatic heterocycles. The molecule has 5 nitrogen and oxygen atoms in total. The largest absolute Gasteiger partial charge is 0.468 e. The number of anilines is 3. The number of aryl methyl sites for hydroxylation is 3. The van der Waals surface area contributed by atoms with Crippen molar-refractivity contribution in [3.8, 4) is 11.5 Å². The van der Waals surface area contributed by atoms with E-state index in [4.69, 9.17) is 19.5 Å². The van der Waals surface area contributed by atoms with Crippen LogP contribution in [0.25, 0.3) is 0 Å². The number of fused-ring (bicyclic) bond motifs is 4. The lowest BCUT2D eigenvalue weighted by Gasteiger charge is -2.41. The fraction of sp³-hybridized carbons (Fsp3) is 0.375. The molecule has 2 atom stereocenters. The van der Waals surface area contributed by atoms with Gasteiger partial charge in [0.05, 0.1) is 17.4 Å². The van der Waals surface area contributed by atoms with Crippen molar-refractivity contribution >= 4 is 23.1 Å². The fourth-order valence-corrected chi connectivity index (χ4v) is 8.34. The second-order valence-electron chi connectivity index (χ2n) is 17.5. The third kappa shape index (κ3) is 6.12. The van der Waals surface area contributed by atoms with E-state index in [1.54, 1.807) is 0 Å². The number of aromatic nitrogens is 1. The Bertz CT molecular complexity index is 2410. The van der Waals surface area contributed by atoms with Gasteiger partial charge in [-0.1, -0.05) is 84.4 Å². The number of benzene rings is 4. The minimum Gasteiger partial charge on any atom is -0.468 e. The Morgan fingerprint density at radius 1 is 0.887 bits per heavy atom. The lowest BCUT2D eigenvalue weighted by atomic mass is 9.72. The first kappa shape index (κ1) is 32.7. The van der Waals surface area contributed by atoms with Gasteiger partial charge in [-0.2, -0.15) is 0 Å². The number of nitrogens with zero attached hydrogens (tertiary/aromatic N) is 3. The molecule has 0 amide bonds. The molecule has 0 saturated carbocycles. The average molecular weight is 706 g/mol. The summed E-state index contributed by atoms with van der Waals surface area (Å²) in [5.74, 6) is 2.98. The monoisotopic (exact) mass is 705 g/mol. The first-order valence-corrected chi connectivity index (χ1v) is 19.0. The molecule has 5 heteroatoms. The molecule has 0 bridgehead atoms. The number of aliphatic imine (C=N–C) groups is 1. The number of rotatable bonds is 5. The third-order valence-corrected chi connectivity index (χ3v) is 11.4. The van der Waals surface area contributed by atoms with E-state index in [2.05, 4.69) is 128 Å². The molecule has 3 aliphatic rings. The predicted octanol–water partition coefficient (Wildman–Crippen LogP) is 12.0. The maximum absolute atomic E-state index is 9.33. The Hall–Kier alpha value is -4.90. The van der Waals surface area contributed by atoms with Gasteiger partial charge in [0.2, 0.25) is 5.90 Å². The van der Waals surface area contributed by atoms with Crippen molar-refractivity contribution < 1.29 is 12.2 Å². The van der Waals surface area contributed by atoms with Gasteiger partial charge < -0.3 is 9.47 Å². The molecule has 8 rings (SSSR count). The molecule has 272 valence electrons. The van der Waals surface area contributed by atoms with Crippen molar-refractivity contribution in [2.45, 2.75) is 117 Å². The molecule has 0 fully saturated rings. The Balaban J connectivity index is 1.18. The summed E-state index contributed by atoms with van der Waals surface area (Å²) >= 11 is 0. The van der Waals surface area contributed by atoms with Gasteiger partial charge in [-0.15, -0.1) is 0 Å². The van der Waals surface area contributed by atoms with Gasteiger partial charge in [0.15, 0.2) is 0 Å². The van der Waals surface area contributed by atoms with E-state index in [1.807, 2.05) is 38.2 Å². The van der Waals surface area contributed by atoms with Crippen molar-refractivity contribution in [2.24, 2.45) is 4.99 Å². The molecule has 0 unspecified atom stereocenters. The van der Waals surface area contributed by atoms with Gasteiger partial charge in [-0.25, -0.2) is 9.98 Å². The van der Waals surface area contributed by atoms with Crippen LogP contribution in [0.5, 0.6) is 11.5 Å². The van der Waals surface area contributed by atoms with E-state index in [1.165, 1.54) is 16.7 Å². The van der Waals surface area contributed by atoms with Gasteiger partial charge in [-0.3, -0.25) is 4.90 Å². The van der Waals surface area contributed by atoms with Gasteiger partial charge in [0.25, 0.3) is 0 Å². The summed E-state index contributed by atoms with van der Waals surface area (Å²) in [5.41, 5.74) is 11.6. The Kier molecular flexibility index (Phi) is 7.61. The molecule has 53 heavy (non-hydrogen) atoms. The van der Waals surface area contributed by atoms with Crippen LogP contribution in [0, 0.1) is 20.8 Å². The smallest absolute Gasteiger partial charge is 0.217 e. The Morgan fingerprint density at radius 2 is 1.64 bits per heavy atom. The van der Waals surface area contributed by atoms with Crippen LogP contribution >= 0.6 is 0 Å². The van der Waals surface area contributed by atoms with Crippen LogP contribution in [-0.4, -0.2) is 22.5 Å². The number of pyridine rings is 1. The van der Waals surface area contributed by atoms with Crippen LogP contribution < -0.4 is 9.64 Å². The highest BCUT2D eigenvalue weighted by Crippen LogP contribution is 2.52. The highest BCUT2D eigenvalue weighted by Gasteiger charge is 2.47. The molecule has 1 aliphatic carbocycles. The summed E-state index contributed by atoms with van der Waals surface area (Å²) < 4.78 is 32.2. The summed E-state index contributed by atoms with van der Waals surface area (Å²) in [6.45, 7) is 23.9. The predicted molar refractivity (Wildman–Crippen MR) is 218 cm³/mol. The fourth-order valence-electron chi connectivity index (χ4n) is 8.34. The summed E-state index contributed by atoms with van der Waals surface area (Å²) in [6, 6.07) is 27.1. The number of hydrogen-bond donors (Lipinski definition) is 0. The second kappa shape index (κ2) is 12.3. The average Bonchev–Trinajstić information content (AvgIpc) is 3.47. The van der Waals surface area contributed by atoms with Crippen molar-refractivity contribution in [2.75, 3.05) is 4.90 Å². The summed E-state index contributed by atoms with van der Waals surface area (Å²) in [6.07, 6.45) is 0.786. The normalized spacial score (nSPS) is 21.4. The standard InChI is InChI=1S/C48H53N3O2/c1-28(2)32-21-34(45-50-43-24-33-18-29(3)17-31(5)39(33)27-48(43,11)53-45)23-38(22-32)52-37-20-30(4)19-36(26-37)51-42-15-14-35(46(6,7)8)25-41(42)47(9,10)40-13-12-16-49-44(40)51/h12-23,25-26,28,43H,24,27H2,1-11H3/t43-,48-/m0/s1/i24D2. The SMILES string of the molecule is [2H]C1([2H])c2cc(C)cc(C)c2C[C@]2(C)OC(c3cc(Oc4cc(C)cc(N5c6ccc(C(C)(C)C)cc6C(C)(C)c6cccnc65)c4)cc(C(C)C)c3)=N[C@@H]12. The molecule has 0 N–H and O–H groups in total. The highest BCUT2D eigenvalue weighted by molar-refractivity contribution is 5.96. The minimum absolute atomic E-state index is 0.0123. The topological polar surface area (TPSA) is 47.0 Å². The van der Waals surface area contributed by atoms with Gasteiger partial charge in [0, 0.05) is 38.0 Å². The third-order valence-electron chi connectivity index (χ3n) is 11.4. The van der Waals surface area contributed by atoms with Gasteiger partial charge >= 0.3 is 0 Å².